The van der Waals surface area contributed by atoms with Gasteiger partial charge in [-0.25, -0.2) is 4.79 Å². The van der Waals surface area contributed by atoms with Gasteiger partial charge in [0, 0.05) is 32.2 Å². The highest BCUT2D eigenvalue weighted by Crippen LogP contribution is 2.23. The molecule has 0 unspecified atom stereocenters. The molecule has 2 atom stereocenters. The minimum atomic E-state index is -3.42. The number of carbonyl (C=O) groups excluding carboxylic acids is 1. The number of amides is 1. The Bertz CT molecular complexity index is 482. The number of nitrogens with zero attached hydrogens (tertiary/aromatic N) is 2. The second kappa shape index (κ2) is 7.61. The van der Waals surface area contributed by atoms with Gasteiger partial charge in [-0.1, -0.05) is 6.92 Å². The number of hydrogen-bond acceptors (Lipinski definition) is 4. The van der Waals surface area contributed by atoms with E-state index >= 15 is 0 Å². The molecular formula is C14H27N3O4S. The summed E-state index contributed by atoms with van der Waals surface area (Å²) in [4.78, 5) is 11.5. The highest BCUT2D eigenvalue weighted by Gasteiger charge is 2.35. The average molecular weight is 333 g/mol. The standard InChI is InChI=1S/C14H27N3O4S/c1-3-21-14(18)15-13-7-5-9-17(11-13)22(19,20)16-8-4-6-12(2)10-16/h12-13H,3-11H2,1-2H3,(H,15,18)/t12-,13-/m0/s1. The van der Waals surface area contributed by atoms with Gasteiger partial charge in [-0.05, 0) is 38.5 Å². The van der Waals surface area contributed by atoms with Gasteiger partial charge in [-0.3, -0.25) is 0 Å². The van der Waals surface area contributed by atoms with Crippen molar-refractivity contribution < 1.29 is 17.9 Å². The molecule has 0 spiro atoms. The molecule has 0 aromatic carbocycles. The Labute approximate surface area is 133 Å². The van der Waals surface area contributed by atoms with Crippen LogP contribution in [0.25, 0.3) is 0 Å². The molecule has 0 aromatic rings. The molecule has 0 aromatic heterocycles. The number of carbonyl (C=O) groups is 1. The predicted molar refractivity (Wildman–Crippen MR) is 83.6 cm³/mol. The van der Waals surface area contributed by atoms with Crippen molar-refractivity contribution in [2.75, 3.05) is 32.8 Å². The maximum Gasteiger partial charge on any atom is 0.407 e. The molecule has 1 amide bonds. The molecule has 0 aliphatic carbocycles. The van der Waals surface area contributed by atoms with Crippen molar-refractivity contribution in [2.24, 2.45) is 5.92 Å². The average Bonchev–Trinajstić information content (AvgIpc) is 2.47. The fourth-order valence-corrected chi connectivity index (χ4v) is 4.99. The van der Waals surface area contributed by atoms with Crippen molar-refractivity contribution in [3.8, 4) is 0 Å². The van der Waals surface area contributed by atoms with Crippen molar-refractivity contribution in [1.82, 2.24) is 13.9 Å². The molecule has 2 saturated heterocycles. The third-order valence-electron chi connectivity index (χ3n) is 4.25. The van der Waals surface area contributed by atoms with E-state index in [1.165, 1.54) is 4.31 Å². The summed E-state index contributed by atoms with van der Waals surface area (Å²) in [6, 6.07) is -0.176. The fraction of sp³-hybridized carbons (Fsp3) is 0.929. The lowest BCUT2D eigenvalue weighted by Gasteiger charge is -2.38. The molecule has 2 rings (SSSR count). The predicted octanol–water partition coefficient (Wildman–Crippen LogP) is 1.17. The molecule has 1 N–H and O–H groups in total. The third kappa shape index (κ3) is 4.33. The van der Waals surface area contributed by atoms with Crippen LogP contribution in [0.2, 0.25) is 0 Å². The molecule has 2 aliphatic heterocycles. The van der Waals surface area contributed by atoms with E-state index in [9.17, 15) is 13.2 Å². The van der Waals surface area contributed by atoms with E-state index in [0.29, 0.717) is 38.7 Å². The molecule has 128 valence electrons. The summed E-state index contributed by atoms with van der Waals surface area (Å²) in [6.45, 7) is 6.18. The quantitative estimate of drug-likeness (QED) is 0.838. The van der Waals surface area contributed by atoms with Crippen molar-refractivity contribution >= 4 is 16.3 Å². The number of nitrogens with one attached hydrogen (secondary N) is 1. The maximum atomic E-state index is 12.8. The Balaban J connectivity index is 1.97. The van der Waals surface area contributed by atoms with Crippen LogP contribution in [0.3, 0.4) is 0 Å². The van der Waals surface area contributed by atoms with Gasteiger partial charge in [0.05, 0.1) is 6.61 Å². The minimum absolute atomic E-state index is 0.176. The van der Waals surface area contributed by atoms with E-state index in [-0.39, 0.29) is 6.04 Å². The van der Waals surface area contributed by atoms with Crippen molar-refractivity contribution in [2.45, 2.75) is 45.6 Å². The van der Waals surface area contributed by atoms with E-state index in [1.54, 1.807) is 11.2 Å². The van der Waals surface area contributed by atoms with E-state index < -0.39 is 16.3 Å². The minimum Gasteiger partial charge on any atom is -0.450 e. The van der Waals surface area contributed by atoms with Gasteiger partial charge in [0.1, 0.15) is 0 Å². The molecule has 0 radical (unpaired) electrons. The van der Waals surface area contributed by atoms with Crippen molar-refractivity contribution in [3.05, 3.63) is 0 Å². The molecule has 0 bridgehead atoms. The number of hydrogen-bond donors (Lipinski definition) is 1. The van der Waals surface area contributed by atoms with Crippen LogP contribution in [0.4, 0.5) is 4.79 Å². The van der Waals surface area contributed by atoms with Crippen LogP contribution in [0.15, 0.2) is 0 Å². The molecule has 0 saturated carbocycles. The molecule has 2 heterocycles. The monoisotopic (exact) mass is 333 g/mol. The van der Waals surface area contributed by atoms with Crippen LogP contribution in [0.5, 0.6) is 0 Å². The zero-order valence-corrected chi connectivity index (χ0v) is 14.3. The molecular weight excluding hydrogens is 306 g/mol. The first kappa shape index (κ1) is 17.5. The van der Waals surface area contributed by atoms with E-state index in [4.69, 9.17) is 4.74 Å². The Morgan fingerprint density at radius 3 is 2.45 bits per heavy atom. The van der Waals surface area contributed by atoms with E-state index in [1.807, 2.05) is 0 Å². The summed E-state index contributed by atoms with van der Waals surface area (Å²) < 4.78 is 33.5. The maximum absolute atomic E-state index is 12.8. The lowest BCUT2D eigenvalue weighted by Crippen LogP contribution is -2.54. The van der Waals surface area contributed by atoms with Crippen molar-refractivity contribution in [1.29, 1.82) is 0 Å². The van der Waals surface area contributed by atoms with Gasteiger partial charge in [0.2, 0.25) is 0 Å². The van der Waals surface area contributed by atoms with Gasteiger partial charge < -0.3 is 10.1 Å². The Morgan fingerprint density at radius 2 is 1.82 bits per heavy atom. The van der Waals surface area contributed by atoms with E-state index in [2.05, 4.69) is 12.2 Å². The molecule has 7 nitrogen and oxygen atoms in total. The largest absolute Gasteiger partial charge is 0.450 e. The van der Waals surface area contributed by atoms with Gasteiger partial charge in [-0.2, -0.15) is 17.0 Å². The molecule has 22 heavy (non-hydrogen) atoms. The molecule has 2 aliphatic rings. The molecule has 2 fully saturated rings. The number of ether oxygens (including phenoxy) is 1. The molecule has 8 heteroatoms. The third-order valence-corrected chi connectivity index (χ3v) is 6.22. The summed E-state index contributed by atoms with van der Waals surface area (Å²) in [5.74, 6) is 0.404. The first-order valence-electron chi connectivity index (χ1n) is 8.12. The first-order chi connectivity index (χ1) is 10.4. The summed E-state index contributed by atoms with van der Waals surface area (Å²) in [6.07, 6.45) is 3.05. The number of rotatable bonds is 4. The highest BCUT2D eigenvalue weighted by molar-refractivity contribution is 7.86. The number of piperidine rings is 2. The van der Waals surface area contributed by atoms with Crippen LogP contribution in [-0.2, 0) is 14.9 Å². The lowest BCUT2D eigenvalue weighted by molar-refractivity contribution is 0.141. The van der Waals surface area contributed by atoms with Crippen LogP contribution < -0.4 is 5.32 Å². The van der Waals surface area contributed by atoms with Crippen LogP contribution in [0.1, 0.15) is 39.5 Å². The fourth-order valence-electron chi connectivity index (χ4n) is 3.13. The second-order valence-electron chi connectivity index (χ2n) is 6.18. The summed E-state index contributed by atoms with van der Waals surface area (Å²) >= 11 is 0. The van der Waals surface area contributed by atoms with Crippen LogP contribution >= 0.6 is 0 Å². The summed E-state index contributed by atoms with van der Waals surface area (Å²) in [7, 11) is -3.42. The Hall–Kier alpha value is -0.860. The Kier molecular flexibility index (Phi) is 6.05. The van der Waals surface area contributed by atoms with Gasteiger partial charge in [-0.15, -0.1) is 0 Å². The SMILES string of the molecule is CCOC(=O)N[C@H]1CCCN(S(=O)(=O)N2CCC[C@H](C)C2)C1. The van der Waals surface area contributed by atoms with Crippen LogP contribution in [0, 0.1) is 5.92 Å². The van der Waals surface area contributed by atoms with Crippen molar-refractivity contribution in [3.63, 3.8) is 0 Å². The Morgan fingerprint density at radius 1 is 1.18 bits per heavy atom. The summed E-state index contributed by atoms with van der Waals surface area (Å²) in [5, 5.41) is 2.75. The van der Waals surface area contributed by atoms with Gasteiger partial charge in [0.15, 0.2) is 0 Å². The van der Waals surface area contributed by atoms with E-state index in [0.717, 1.165) is 25.7 Å². The lowest BCUT2D eigenvalue weighted by atomic mass is 10.0. The highest BCUT2D eigenvalue weighted by atomic mass is 32.2. The number of alkyl carbamates (subject to hydrolysis) is 1. The summed E-state index contributed by atoms with van der Waals surface area (Å²) in [5.41, 5.74) is 0. The topological polar surface area (TPSA) is 79.0 Å². The second-order valence-corrected chi connectivity index (χ2v) is 8.10. The zero-order valence-electron chi connectivity index (χ0n) is 13.5. The smallest absolute Gasteiger partial charge is 0.407 e. The normalized spacial score (nSPS) is 28.3. The van der Waals surface area contributed by atoms with Gasteiger partial charge >= 0.3 is 6.09 Å². The zero-order chi connectivity index (χ0) is 16.2. The first-order valence-corrected chi connectivity index (χ1v) is 9.51. The van der Waals surface area contributed by atoms with Gasteiger partial charge in [0.25, 0.3) is 10.2 Å². The van der Waals surface area contributed by atoms with Crippen LogP contribution in [-0.4, -0.2) is 61.9 Å².